The van der Waals surface area contributed by atoms with Crippen molar-refractivity contribution in [3.8, 4) is 0 Å². The Bertz CT molecular complexity index is 227. The smallest absolute Gasteiger partial charge is 0.317 e. The van der Waals surface area contributed by atoms with Crippen molar-refractivity contribution in [1.82, 2.24) is 10.2 Å². The van der Waals surface area contributed by atoms with Crippen LogP contribution < -0.4 is 5.32 Å². The molecule has 4 nitrogen and oxygen atoms in total. The third-order valence-electron chi connectivity index (χ3n) is 3.28. The highest BCUT2D eigenvalue weighted by atomic mass is 16.5. The number of nitrogens with one attached hydrogen (secondary N) is 1. The summed E-state index contributed by atoms with van der Waals surface area (Å²) in [7, 11) is 1.68. The zero-order chi connectivity index (χ0) is 12.7. The Kier molecular flexibility index (Phi) is 6.34. The van der Waals surface area contributed by atoms with Gasteiger partial charge in [-0.1, -0.05) is 20.3 Å². The average molecular weight is 242 g/mol. The van der Waals surface area contributed by atoms with Crippen LogP contribution in [0.25, 0.3) is 0 Å². The third kappa shape index (κ3) is 4.94. The number of hydrogen-bond donors (Lipinski definition) is 1. The van der Waals surface area contributed by atoms with E-state index in [4.69, 9.17) is 4.74 Å². The predicted molar refractivity (Wildman–Crippen MR) is 69.1 cm³/mol. The van der Waals surface area contributed by atoms with Crippen LogP contribution in [0, 0.1) is 5.92 Å². The molecular weight excluding hydrogens is 216 g/mol. The molecule has 1 saturated heterocycles. The molecule has 2 amide bonds. The van der Waals surface area contributed by atoms with E-state index in [0.717, 1.165) is 32.4 Å². The van der Waals surface area contributed by atoms with Crippen molar-refractivity contribution in [1.29, 1.82) is 0 Å². The molecule has 2 atom stereocenters. The molecule has 1 heterocycles. The molecule has 2 unspecified atom stereocenters. The van der Waals surface area contributed by atoms with E-state index in [-0.39, 0.29) is 12.1 Å². The van der Waals surface area contributed by atoms with Crippen LogP contribution in [-0.4, -0.2) is 43.8 Å². The van der Waals surface area contributed by atoms with Gasteiger partial charge in [-0.15, -0.1) is 0 Å². The molecule has 0 bridgehead atoms. The van der Waals surface area contributed by atoms with Crippen molar-refractivity contribution in [2.24, 2.45) is 5.92 Å². The SMILES string of the molecule is CCCC(COC)NC(=O)N1CCCC(C)C1. The van der Waals surface area contributed by atoms with Gasteiger partial charge in [0.2, 0.25) is 0 Å². The van der Waals surface area contributed by atoms with Gasteiger partial charge in [-0.25, -0.2) is 4.79 Å². The molecule has 0 radical (unpaired) electrons. The number of rotatable bonds is 5. The number of ether oxygens (including phenoxy) is 1. The van der Waals surface area contributed by atoms with Gasteiger partial charge in [0.15, 0.2) is 0 Å². The Morgan fingerprint density at radius 2 is 2.35 bits per heavy atom. The molecule has 1 fully saturated rings. The van der Waals surface area contributed by atoms with Gasteiger partial charge in [-0.3, -0.25) is 0 Å². The minimum Gasteiger partial charge on any atom is -0.383 e. The molecule has 100 valence electrons. The Morgan fingerprint density at radius 1 is 1.59 bits per heavy atom. The summed E-state index contributed by atoms with van der Waals surface area (Å²) in [4.78, 5) is 14.0. The molecule has 1 N–H and O–H groups in total. The maximum absolute atomic E-state index is 12.1. The monoisotopic (exact) mass is 242 g/mol. The van der Waals surface area contributed by atoms with Crippen molar-refractivity contribution < 1.29 is 9.53 Å². The quantitative estimate of drug-likeness (QED) is 0.803. The standard InChI is InChI=1S/C13H26N2O2/c1-4-6-12(10-17-3)14-13(16)15-8-5-7-11(2)9-15/h11-12H,4-10H2,1-3H3,(H,14,16). The first-order chi connectivity index (χ1) is 8.17. The van der Waals surface area contributed by atoms with Gasteiger partial charge in [0.05, 0.1) is 12.6 Å². The van der Waals surface area contributed by atoms with E-state index in [1.54, 1.807) is 7.11 Å². The van der Waals surface area contributed by atoms with Gasteiger partial charge in [0.25, 0.3) is 0 Å². The van der Waals surface area contributed by atoms with Gasteiger partial charge in [0.1, 0.15) is 0 Å². The van der Waals surface area contributed by atoms with Crippen LogP contribution in [-0.2, 0) is 4.74 Å². The summed E-state index contributed by atoms with van der Waals surface area (Å²) in [6, 6.07) is 0.224. The summed E-state index contributed by atoms with van der Waals surface area (Å²) >= 11 is 0. The molecule has 0 saturated carbocycles. The molecule has 17 heavy (non-hydrogen) atoms. The molecule has 1 aliphatic heterocycles. The van der Waals surface area contributed by atoms with E-state index < -0.39 is 0 Å². The summed E-state index contributed by atoms with van der Waals surface area (Å²) in [6.45, 7) is 6.71. The van der Waals surface area contributed by atoms with E-state index >= 15 is 0 Å². The van der Waals surface area contributed by atoms with E-state index in [2.05, 4.69) is 19.2 Å². The zero-order valence-corrected chi connectivity index (χ0v) is 11.4. The normalized spacial score (nSPS) is 22.3. The Balaban J connectivity index is 2.39. The minimum absolute atomic E-state index is 0.0760. The Hall–Kier alpha value is -0.770. The predicted octanol–water partition coefficient (Wildman–Crippen LogP) is 2.24. The number of amides is 2. The molecule has 0 aromatic rings. The second-order valence-electron chi connectivity index (χ2n) is 5.08. The van der Waals surface area contributed by atoms with E-state index in [1.807, 2.05) is 4.90 Å². The third-order valence-corrected chi connectivity index (χ3v) is 3.28. The van der Waals surface area contributed by atoms with Gasteiger partial charge >= 0.3 is 6.03 Å². The second-order valence-corrected chi connectivity index (χ2v) is 5.08. The number of piperidine rings is 1. The Labute approximate surface area is 105 Å². The van der Waals surface area contributed by atoms with Crippen LogP contribution in [0.4, 0.5) is 4.79 Å². The largest absolute Gasteiger partial charge is 0.383 e. The first-order valence-electron chi connectivity index (χ1n) is 6.71. The highest BCUT2D eigenvalue weighted by Crippen LogP contribution is 2.15. The van der Waals surface area contributed by atoms with Crippen molar-refractivity contribution in [2.75, 3.05) is 26.8 Å². The van der Waals surface area contributed by atoms with E-state index in [1.165, 1.54) is 6.42 Å². The van der Waals surface area contributed by atoms with Crippen LogP contribution in [0.3, 0.4) is 0 Å². The van der Waals surface area contributed by atoms with Gasteiger partial charge in [-0.2, -0.15) is 0 Å². The van der Waals surface area contributed by atoms with Crippen LogP contribution >= 0.6 is 0 Å². The second kappa shape index (κ2) is 7.54. The topological polar surface area (TPSA) is 41.6 Å². The Morgan fingerprint density at radius 3 is 2.94 bits per heavy atom. The average Bonchev–Trinajstić information content (AvgIpc) is 2.29. The maximum Gasteiger partial charge on any atom is 0.317 e. The van der Waals surface area contributed by atoms with Crippen LogP contribution in [0.2, 0.25) is 0 Å². The van der Waals surface area contributed by atoms with Gasteiger partial charge in [-0.05, 0) is 25.2 Å². The molecular formula is C13H26N2O2. The highest BCUT2D eigenvalue weighted by molar-refractivity contribution is 5.74. The number of hydrogen-bond acceptors (Lipinski definition) is 2. The first-order valence-corrected chi connectivity index (χ1v) is 6.71. The molecule has 0 aromatic heterocycles. The van der Waals surface area contributed by atoms with Crippen molar-refractivity contribution in [3.05, 3.63) is 0 Å². The maximum atomic E-state index is 12.1. The lowest BCUT2D eigenvalue weighted by atomic mass is 10.0. The summed E-state index contributed by atoms with van der Waals surface area (Å²) in [6.07, 6.45) is 4.39. The van der Waals surface area contributed by atoms with Gasteiger partial charge in [0, 0.05) is 20.2 Å². The summed E-state index contributed by atoms with van der Waals surface area (Å²) < 4.78 is 5.13. The zero-order valence-electron chi connectivity index (χ0n) is 11.4. The lowest BCUT2D eigenvalue weighted by Gasteiger charge is -2.32. The molecule has 0 aromatic carbocycles. The summed E-state index contributed by atoms with van der Waals surface area (Å²) in [5.41, 5.74) is 0. The number of carbonyl (C=O) groups excluding carboxylic acids is 1. The van der Waals surface area contributed by atoms with E-state index in [9.17, 15) is 4.79 Å². The molecule has 1 rings (SSSR count). The molecule has 1 aliphatic rings. The highest BCUT2D eigenvalue weighted by Gasteiger charge is 2.22. The van der Waals surface area contributed by atoms with E-state index in [0.29, 0.717) is 12.5 Å². The summed E-state index contributed by atoms with van der Waals surface area (Å²) in [5.74, 6) is 0.626. The minimum atomic E-state index is 0.0760. The van der Waals surface area contributed by atoms with Crippen molar-refractivity contribution >= 4 is 6.03 Å². The van der Waals surface area contributed by atoms with Crippen molar-refractivity contribution in [3.63, 3.8) is 0 Å². The number of methoxy groups -OCH3 is 1. The fourth-order valence-corrected chi connectivity index (χ4v) is 2.39. The number of nitrogens with zero attached hydrogens (tertiary/aromatic N) is 1. The first kappa shape index (κ1) is 14.3. The number of urea groups is 1. The van der Waals surface area contributed by atoms with Gasteiger partial charge < -0.3 is 15.0 Å². The van der Waals surface area contributed by atoms with Crippen LogP contribution in [0.1, 0.15) is 39.5 Å². The lowest BCUT2D eigenvalue weighted by Crippen LogP contribution is -2.49. The molecule has 0 spiro atoms. The number of carbonyl (C=O) groups is 1. The molecule has 0 aliphatic carbocycles. The summed E-state index contributed by atoms with van der Waals surface area (Å²) in [5, 5.41) is 3.07. The van der Waals surface area contributed by atoms with Crippen LogP contribution in [0.5, 0.6) is 0 Å². The van der Waals surface area contributed by atoms with Crippen LogP contribution in [0.15, 0.2) is 0 Å². The number of likely N-dealkylation sites (tertiary alicyclic amines) is 1. The fourth-order valence-electron chi connectivity index (χ4n) is 2.39. The lowest BCUT2D eigenvalue weighted by molar-refractivity contribution is 0.141. The molecule has 4 heteroatoms. The van der Waals surface area contributed by atoms with Crippen molar-refractivity contribution in [2.45, 2.75) is 45.6 Å². The fraction of sp³-hybridized carbons (Fsp3) is 0.923.